The lowest BCUT2D eigenvalue weighted by Crippen LogP contribution is -2.04. The van der Waals surface area contributed by atoms with Crippen LogP contribution >= 0.6 is 23.4 Å². The summed E-state index contributed by atoms with van der Waals surface area (Å²) in [5.41, 5.74) is 0. The highest BCUT2D eigenvalue weighted by molar-refractivity contribution is 7.99. The van der Waals surface area contributed by atoms with Gasteiger partial charge in [0, 0.05) is 6.54 Å². The van der Waals surface area contributed by atoms with Crippen LogP contribution in [-0.4, -0.2) is 31.7 Å². The Morgan fingerprint density at radius 2 is 2.35 bits per heavy atom. The second-order valence-electron chi connectivity index (χ2n) is 3.17. The van der Waals surface area contributed by atoms with E-state index in [0.29, 0.717) is 21.2 Å². The van der Waals surface area contributed by atoms with Crippen molar-refractivity contribution in [2.75, 3.05) is 11.9 Å². The molecule has 0 saturated heterocycles. The topological polar surface area (TPSA) is 79.4 Å². The monoisotopic (exact) mass is 270 g/mol. The predicted octanol–water partition coefficient (Wildman–Crippen LogP) is 2.22. The summed E-state index contributed by atoms with van der Waals surface area (Å²) in [4.78, 5) is 12.4. The van der Waals surface area contributed by atoms with Crippen molar-refractivity contribution in [1.82, 2.24) is 25.1 Å². The molecule has 0 fully saturated rings. The molecule has 17 heavy (non-hydrogen) atoms. The highest BCUT2D eigenvalue weighted by atomic mass is 35.5. The van der Waals surface area contributed by atoms with E-state index in [-0.39, 0.29) is 0 Å². The van der Waals surface area contributed by atoms with E-state index in [0.717, 1.165) is 13.0 Å². The first-order valence-corrected chi connectivity index (χ1v) is 6.28. The Bertz CT molecular complexity index is 474. The first-order chi connectivity index (χ1) is 8.29. The zero-order valence-electron chi connectivity index (χ0n) is 9.14. The van der Waals surface area contributed by atoms with Gasteiger partial charge in [-0.2, -0.15) is 5.10 Å². The molecule has 2 heterocycles. The molecule has 0 unspecified atom stereocenters. The maximum atomic E-state index is 6.01. The third kappa shape index (κ3) is 3.31. The second kappa shape index (κ2) is 5.83. The third-order valence-corrected chi connectivity index (χ3v) is 3.11. The van der Waals surface area contributed by atoms with Gasteiger partial charge in [-0.05, 0) is 18.2 Å². The maximum absolute atomic E-state index is 6.01. The van der Waals surface area contributed by atoms with Crippen molar-refractivity contribution in [2.24, 2.45) is 0 Å². The number of H-pyrrole nitrogens is 1. The summed E-state index contributed by atoms with van der Waals surface area (Å²) in [7, 11) is 0. The van der Waals surface area contributed by atoms with Crippen LogP contribution in [0.25, 0.3) is 0 Å². The number of anilines is 1. The molecule has 6 nitrogen and oxygen atoms in total. The van der Waals surface area contributed by atoms with E-state index in [1.807, 2.05) is 0 Å². The predicted molar refractivity (Wildman–Crippen MR) is 66.3 cm³/mol. The van der Waals surface area contributed by atoms with Crippen molar-refractivity contribution in [2.45, 2.75) is 23.5 Å². The van der Waals surface area contributed by atoms with Gasteiger partial charge in [0.2, 0.25) is 5.95 Å². The van der Waals surface area contributed by atoms with Crippen LogP contribution in [0.4, 0.5) is 5.95 Å². The molecule has 0 aliphatic carbocycles. The number of hydrogen-bond acceptors (Lipinski definition) is 6. The molecule has 0 radical (unpaired) electrons. The fourth-order valence-corrected chi connectivity index (χ4v) is 1.95. The normalized spacial score (nSPS) is 10.5. The van der Waals surface area contributed by atoms with Crippen LogP contribution in [0.5, 0.6) is 0 Å². The van der Waals surface area contributed by atoms with Crippen molar-refractivity contribution in [3.05, 3.63) is 17.5 Å². The van der Waals surface area contributed by atoms with Crippen molar-refractivity contribution >= 4 is 29.3 Å². The number of hydrogen-bond donors (Lipinski definition) is 2. The van der Waals surface area contributed by atoms with E-state index >= 15 is 0 Å². The van der Waals surface area contributed by atoms with Crippen LogP contribution in [0, 0.1) is 0 Å². The summed E-state index contributed by atoms with van der Waals surface area (Å²) >= 11 is 7.33. The third-order valence-electron chi connectivity index (χ3n) is 1.83. The molecule has 0 aromatic carbocycles. The Kier molecular flexibility index (Phi) is 4.16. The van der Waals surface area contributed by atoms with Crippen molar-refractivity contribution < 1.29 is 0 Å². The minimum absolute atomic E-state index is 0.494. The highest BCUT2D eigenvalue weighted by Crippen LogP contribution is 2.29. The van der Waals surface area contributed by atoms with Gasteiger partial charge in [0.15, 0.2) is 5.16 Å². The van der Waals surface area contributed by atoms with Gasteiger partial charge in [-0.3, -0.25) is 5.10 Å². The summed E-state index contributed by atoms with van der Waals surface area (Å²) in [6.07, 6.45) is 4.02. The van der Waals surface area contributed by atoms with Crippen LogP contribution in [0.2, 0.25) is 5.02 Å². The Morgan fingerprint density at radius 3 is 3.06 bits per heavy atom. The Labute approximate surface area is 108 Å². The van der Waals surface area contributed by atoms with Gasteiger partial charge in [-0.15, -0.1) is 0 Å². The summed E-state index contributed by atoms with van der Waals surface area (Å²) in [6, 6.07) is 0. The maximum Gasteiger partial charge on any atom is 0.223 e. The fourth-order valence-electron chi connectivity index (χ4n) is 1.08. The van der Waals surface area contributed by atoms with Gasteiger partial charge in [-0.1, -0.05) is 18.5 Å². The van der Waals surface area contributed by atoms with Crippen LogP contribution in [0.15, 0.2) is 22.7 Å². The molecule has 0 saturated carbocycles. The van der Waals surface area contributed by atoms with Crippen molar-refractivity contribution in [3.8, 4) is 0 Å². The summed E-state index contributed by atoms with van der Waals surface area (Å²) < 4.78 is 0. The minimum Gasteiger partial charge on any atom is -0.354 e. The van der Waals surface area contributed by atoms with Gasteiger partial charge in [0.1, 0.15) is 11.4 Å². The Balaban J connectivity index is 2.14. The molecular formula is C9H11ClN6S. The summed E-state index contributed by atoms with van der Waals surface area (Å²) in [5.74, 6) is 0.568. The van der Waals surface area contributed by atoms with Gasteiger partial charge >= 0.3 is 0 Å². The molecule has 90 valence electrons. The first kappa shape index (κ1) is 12.1. The molecule has 2 aromatic rings. The SMILES string of the molecule is CCCNc1ncc(Cl)c(Sc2ncn[nH]2)n1. The molecule has 0 bridgehead atoms. The first-order valence-electron chi connectivity index (χ1n) is 5.09. The van der Waals surface area contributed by atoms with Crippen molar-refractivity contribution in [1.29, 1.82) is 0 Å². The molecule has 0 spiro atoms. The highest BCUT2D eigenvalue weighted by Gasteiger charge is 2.08. The zero-order valence-corrected chi connectivity index (χ0v) is 10.7. The lowest BCUT2D eigenvalue weighted by atomic mass is 10.5. The molecule has 2 aromatic heterocycles. The standard InChI is InChI=1S/C9H11ClN6S/c1-2-3-11-8-12-4-6(10)7(15-8)17-9-13-5-14-16-9/h4-5H,2-3H2,1H3,(H,11,12,15)(H,13,14,16). The molecule has 0 aliphatic heterocycles. The molecule has 8 heteroatoms. The van der Waals surface area contributed by atoms with E-state index in [9.17, 15) is 0 Å². The zero-order chi connectivity index (χ0) is 12.1. The quantitative estimate of drug-likeness (QED) is 0.811. The van der Waals surface area contributed by atoms with Crippen LogP contribution in [0.1, 0.15) is 13.3 Å². The van der Waals surface area contributed by atoms with Gasteiger partial charge in [0.25, 0.3) is 0 Å². The van der Waals surface area contributed by atoms with Gasteiger partial charge in [-0.25, -0.2) is 15.0 Å². The lowest BCUT2D eigenvalue weighted by Gasteiger charge is -2.05. The van der Waals surface area contributed by atoms with Crippen LogP contribution in [0.3, 0.4) is 0 Å². The van der Waals surface area contributed by atoms with E-state index < -0.39 is 0 Å². The molecule has 0 amide bonds. The van der Waals surface area contributed by atoms with Gasteiger partial charge in [0.05, 0.1) is 11.2 Å². The number of nitrogens with zero attached hydrogens (tertiary/aromatic N) is 4. The smallest absolute Gasteiger partial charge is 0.223 e. The summed E-state index contributed by atoms with van der Waals surface area (Å²) in [6.45, 7) is 2.90. The van der Waals surface area contributed by atoms with E-state index in [1.54, 1.807) is 6.20 Å². The average Bonchev–Trinajstić information content (AvgIpc) is 2.83. The molecule has 2 N–H and O–H groups in total. The fraction of sp³-hybridized carbons (Fsp3) is 0.333. The largest absolute Gasteiger partial charge is 0.354 e. The molecule has 0 aliphatic rings. The number of rotatable bonds is 5. The Hall–Kier alpha value is -1.34. The second-order valence-corrected chi connectivity index (χ2v) is 4.55. The minimum atomic E-state index is 0.494. The number of aromatic amines is 1. The van der Waals surface area contributed by atoms with E-state index in [1.165, 1.54) is 18.1 Å². The Morgan fingerprint density at radius 1 is 1.47 bits per heavy atom. The molecule has 2 rings (SSSR count). The van der Waals surface area contributed by atoms with Crippen LogP contribution in [-0.2, 0) is 0 Å². The number of halogens is 1. The van der Waals surface area contributed by atoms with E-state index in [2.05, 4.69) is 37.4 Å². The lowest BCUT2D eigenvalue weighted by molar-refractivity contribution is 0.929. The molecule has 0 atom stereocenters. The average molecular weight is 271 g/mol. The van der Waals surface area contributed by atoms with E-state index in [4.69, 9.17) is 11.6 Å². The molecular weight excluding hydrogens is 260 g/mol. The van der Waals surface area contributed by atoms with Gasteiger partial charge < -0.3 is 5.32 Å². The van der Waals surface area contributed by atoms with Crippen molar-refractivity contribution in [3.63, 3.8) is 0 Å². The number of aromatic nitrogens is 5. The summed E-state index contributed by atoms with van der Waals surface area (Å²) in [5, 5.41) is 11.4. The van der Waals surface area contributed by atoms with Crippen LogP contribution < -0.4 is 5.32 Å². The number of nitrogens with one attached hydrogen (secondary N) is 2.